The number of ether oxygens (including phenoxy) is 1. The fourth-order valence-corrected chi connectivity index (χ4v) is 2.97. The van der Waals surface area contributed by atoms with Crippen molar-refractivity contribution in [3.05, 3.63) is 24.3 Å². The lowest BCUT2D eigenvalue weighted by atomic mass is 9.91. The van der Waals surface area contributed by atoms with E-state index in [0.29, 0.717) is 12.1 Å². The lowest BCUT2D eigenvalue weighted by Gasteiger charge is -2.38. The number of benzene rings is 1. The molecule has 2 unspecified atom stereocenters. The Morgan fingerprint density at radius 1 is 1.39 bits per heavy atom. The van der Waals surface area contributed by atoms with E-state index >= 15 is 0 Å². The molecule has 1 aromatic carbocycles. The lowest BCUT2D eigenvalue weighted by Crippen LogP contribution is -2.40. The summed E-state index contributed by atoms with van der Waals surface area (Å²) in [6.45, 7) is 3.23. The van der Waals surface area contributed by atoms with Gasteiger partial charge in [0.1, 0.15) is 0 Å². The minimum Gasteiger partial charge on any atom is -0.399 e. The molecule has 0 aliphatic heterocycles. The molecule has 3 heteroatoms. The number of methoxy groups -OCH3 is 1. The second kappa shape index (κ2) is 6.10. The third-order valence-electron chi connectivity index (χ3n) is 3.92. The second-order valence-corrected chi connectivity index (χ2v) is 5.06. The molecule has 0 bridgehead atoms. The Kier molecular flexibility index (Phi) is 4.48. The molecule has 0 radical (unpaired) electrons. The zero-order valence-electron chi connectivity index (χ0n) is 11.4. The van der Waals surface area contributed by atoms with Crippen LogP contribution in [-0.4, -0.2) is 25.8 Å². The van der Waals surface area contributed by atoms with Crippen LogP contribution in [0.1, 0.15) is 32.6 Å². The van der Waals surface area contributed by atoms with Crippen molar-refractivity contribution in [2.45, 2.75) is 44.8 Å². The fourth-order valence-electron chi connectivity index (χ4n) is 2.97. The van der Waals surface area contributed by atoms with Crippen LogP contribution in [0.4, 0.5) is 11.4 Å². The van der Waals surface area contributed by atoms with Gasteiger partial charge in [0.05, 0.1) is 6.10 Å². The minimum atomic E-state index is 0.416. The van der Waals surface area contributed by atoms with Crippen LogP contribution in [0.15, 0.2) is 24.3 Å². The average Bonchev–Trinajstić information content (AvgIpc) is 2.40. The van der Waals surface area contributed by atoms with Crippen LogP contribution in [-0.2, 0) is 4.74 Å². The Balaban J connectivity index is 2.12. The molecular weight excluding hydrogens is 224 g/mol. The maximum absolute atomic E-state index is 5.88. The van der Waals surface area contributed by atoms with Crippen LogP contribution >= 0.6 is 0 Å². The van der Waals surface area contributed by atoms with Crippen molar-refractivity contribution >= 4 is 11.4 Å². The summed E-state index contributed by atoms with van der Waals surface area (Å²) in [5.41, 5.74) is 7.96. The highest BCUT2D eigenvalue weighted by molar-refractivity contribution is 5.56. The Hall–Kier alpha value is -1.22. The van der Waals surface area contributed by atoms with Gasteiger partial charge in [0.15, 0.2) is 0 Å². The van der Waals surface area contributed by atoms with Gasteiger partial charge in [-0.05, 0) is 50.8 Å². The highest BCUT2D eigenvalue weighted by atomic mass is 16.5. The van der Waals surface area contributed by atoms with Crippen LogP contribution in [0.2, 0.25) is 0 Å². The minimum absolute atomic E-state index is 0.416. The Morgan fingerprint density at radius 2 is 2.22 bits per heavy atom. The van der Waals surface area contributed by atoms with Crippen LogP contribution in [0.5, 0.6) is 0 Å². The predicted octanol–water partition coefficient (Wildman–Crippen LogP) is 3.05. The van der Waals surface area contributed by atoms with E-state index in [9.17, 15) is 0 Å². The summed E-state index contributed by atoms with van der Waals surface area (Å²) in [6.07, 6.45) is 5.24. The number of nitrogen functional groups attached to an aromatic ring is 1. The number of nitrogens with two attached hydrogens (primary N) is 1. The third kappa shape index (κ3) is 2.96. The molecular formula is C15H24N2O. The first-order chi connectivity index (χ1) is 8.74. The van der Waals surface area contributed by atoms with Gasteiger partial charge in [-0.1, -0.05) is 6.07 Å². The maximum Gasteiger partial charge on any atom is 0.0591 e. The van der Waals surface area contributed by atoms with E-state index in [1.165, 1.54) is 24.9 Å². The molecule has 0 spiro atoms. The summed E-state index contributed by atoms with van der Waals surface area (Å²) in [5, 5.41) is 0. The van der Waals surface area contributed by atoms with Gasteiger partial charge in [-0.25, -0.2) is 0 Å². The van der Waals surface area contributed by atoms with Gasteiger partial charge in [0.25, 0.3) is 0 Å². The van der Waals surface area contributed by atoms with Gasteiger partial charge in [0, 0.05) is 31.1 Å². The summed E-state index contributed by atoms with van der Waals surface area (Å²) >= 11 is 0. The lowest BCUT2D eigenvalue weighted by molar-refractivity contribution is 0.0632. The second-order valence-electron chi connectivity index (χ2n) is 5.06. The molecule has 0 amide bonds. The Labute approximate surface area is 110 Å². The SMILES string of the molecule is CCN(c1cccc(N)c1)C1CCCC(OC)C1. The van der Waals surface area contributed by atoms with Crippen LogP contribution in [0.25, 0.3) is 0 Å². The van der Waals surface area contributed by atoms with Crippen LogP contribution < -0.4 is 10.6 Å². The first-order valence-corrected chi connectivity index (χ1v) is 6.89. The Bertz CT molecular complexity index is 381. The van der Waals surface area contributed by atoms with Crippen LogP contribution in [0, 0.1) is 0 Å². The number of hydrogen-bond donors (Lipinski definition) is 1. The standard InChI is InChI=1S/C15H24N2O/c1-3-17(13-7-4-6-12(16)10-13)14-8-5-9-15(11-14)18-2/h4,6-7,10,14-15H,3,5,8-9,11,16H2,1-2H3. The summed E-state index contributed by atoms with van der Waals surface area (Å²) in [4.78, 5) is 2.46. The molecule has 0 saturated heterocycles. The van der Waals surface area contributed by atoms with Gasteiger partial charge in [-0.15, -0.1) is 0 Å². The highest BCUT2D eigenvalue weighted by Crippen LogP contribution is 2.29. The quantitative estimate of drug-likeness (QED) is 0.832. The van der Waals surface area contributed by atoms with Gasteiger partial charge < -0.3 is 15.4 Å². The van der Waals surface area contributed by atoms with E-state index < -0.39 is 0 Å². The molecule has 2 atom stereocenters. The summed E-state index contributed by atoms with van der Waals surface area (Å²) < 4.78 is 5.52. The van der Waals surface area contributed by atoms with Crippen molar-refractivity contribution in [2.75, 3.05) is 24.3 Å². The van der Waals surface area contributed by atoms with Crippen LogP contribution in [0.3, 0.4) is 0 Å². The van der Waals surface area contributed by atoms with Crippen molar-refractivity contribution in [1.29, 1.82) is 0 Å². The number of nitrogens with zero attached hydrogens (tertiary/aromatic N) is 1. The largest absolute Gasteiger partial charge is 0.399 e. The monoisotopic (exact) mass is 248 g/mol. The van der Waals surface area contributed by atoms with Gasteiger partial charge in [-0.3, -0.25) is 0 Å². The van der Waals surface area contributed by atoms with Gasteiger partial charge >= 0.3 is 0 Å². The zero-order chi connectivity index (χ0) is 13.0. The first kappa shape index (κ1) is 13.2. The van der Waals surface area contributed by atoms with Crippen molar-refractivity contribution in [2.24, 2.45) is 0 Å². The zero-order valence-corrected chi connectivity index (χ0v) is 11.4. The van der Waals surface area contributed by atoms with Crippen molar-refractivity contribution in [3.63, 3.8) is 0 Å². The molecule has 100 valence electrons. The average molecular weight is 248 g/mol. The van der Waals surface area contributed by atoms with Gasteiger partial charge in [-0.2, -0.15) is 0 Å². The summed E-state index contributed by atoms with van der Waals surface area (Å²) in [7, 11) is 1.82. The Morgan fingerprint density at radius 3 is 2.89 bits per heavy atom. The summed E-state index contributed by atoms with van der Waals surface area (Å²) in [5.74, 6) is 0. The third-order valence-corrected chi connectivity index (χ3v) is 3.92. The molecule has 1 aromatic rings. The number of rotatable bonds is 4. The fraction of sp³-hybridized carbons (Fsp3) is 0.600. The molecule has 3 nitrogen and oxygen atoms in total. The predicted molar refractivity (Wildman–Crippen MR) is 76.9 cm³/mol. The first-order valence-electron chi connectivity index (χ1n) is 6.89. The topological polar surface area (TPSA) is 38.5 Å². The molecule has 1 fully saturated rings. The number of hydrogen-bond acceptors (Lipinski definition) is 3. The van der Waals surface area contributed by atoms with E-state index in [2.05, 4.69) is 24.0 Å². The smallest absolute Gasteiger partial charge is 0.0591 e. The molecule has 0 heterocycles. The van der Waals surface area contributed by atoms with E-state index in [1.807, 2.05) is 19.2 Å². The molecule has 2 rings (SSSR count). The normalized spacial score (nSPS) is 23.9. The maximum atomic E-state index is 5.88. The van der Waals surface area contributed by atoms with E-state index in [-0.39, 0.29) is 0 Å². The molecule has 18 heavy (non-hydrogen) atoms. The molecule has 0 aromatic heterocycles. The molecule has 1 aliphatic rings. The summed E-state index contributed by atoms with van der Waals surface area (Å²) in [6, 6.07) is 8.77. The van der Waals surface area contributed by atoms with Crippen molar-refractivity contribution in [1.82, 2.24) is 0 Å². The molecule has 1 aliphatic carbocycles. The molecule has 2 N–H and O–H groups in total. The van der Waals surface area contributed by atoms with Crippen molar-refractivity contribution < 1.29 is 4.74 Å². The number of anilines is 2. The van der Waals surface area contributed by atoms with E-state index in [1.54, 1.807) is 0 Å². The highest BCUT2D eigenvalue weighted by Gasteiger charge is 2.26. The molecule has 1 saturated carbocycles. The van der Waals surface area contributed by atoms with E-state index in [0.717, 1.165) is 18.7 Å². The van der Waals surface area contributed by atoms with Crippen molar-refractivity contribution in [3.8, 4) is 0 Å². The van der Waals surface area contributed by atoms with E-state index in [4.69, 9.17) is 10.5 Å². The van der Waals surface area contributed by atoms with Gasteiger partial charge in [0.2, 0.25) is 0 Å².